The number of benzene rings is 2. The van der Waals surface area contributed by atoms with Crippen molar-refractivity contribution in [2.24, 2.45) is 0 Å². The lowest BCUT2D eigenvalue weighted by Crippen LogP contribution is -2.45. The Kier molecular flexibility index (Phi) is 5.79. The fraction of sp³-hybridized carbons (Fsp3) is 0.348. The van der Waals surface area contributed by atoms with Gasteiger partial charge in [0.15, 0.2) is 0 Å². The maximum absolute atomic E-state index is 12.8. The van der Waals surface area contributed by atoms with Crippen LogP contribution < -0.4 is 10.1 Å². The van der Waals surface area contributed by atoms with E-state index in [-0.39, 0.29) is 11.9 Å². The van der Waals surface area contributed by atoms with Gasteiger partial charge in [-0.15, -0.1) is 0 Å². The summed E-state index contributed by atoms with van der Waals surface area (Å²) in [6.07, 6.45) is 4.23. The molecule has 1 fully saturated rings. The summed E-state index contributed by atoms with van der Waals surface area (Å²) in [6.45, 7) is 3.75. The standard InChI is InChI=1S/C23H26ClN3O2/c1-15(23(28)26-21-13-17(24)7-8-22(21)29-2)27-11-9-16(10-12-27)19-14-25-20-6-4-3-5-18(19)20/h3-8,13-16,25H,9-12H2,1-2H3,(H,26,28)/t15-/m0/s1. The number of rotatable bonds is 5. The average Bonchev–Trinajstić information content (AvgIpc) is 3.17. The van der Waals surface area contributed by atoms with Crippen molar-refractivity contribution in [1.29, 1.82) is 0 Å². The van der Waals surface area contributed by atoms with Crippen LogP contribution in [0.15, 0.2) is 48.7 Å². The van der Waals surface area contributed by atoms with Crippen LogP contribution in [0.4, 0.5) is 5.69 Å². The third-order valence-electron chi connectivity index (χ3n) is 5.94. The van der Waals surface area contributed by atoms with Gasteiger partial charge in [0.25, 0.3) is 0 Å². The van der Waals surface area contributed by atoms with Gasteiger partial charge in [0.05, 0.1) is 18.8 Å². The monoisotopic (exact) mass is 411 g/mol. The molecule has 1 aliphatic heterocycles. The molecule has 0 radical (unpaired) electrons. The number of piperidine rings is 1. The largest absolute Gasteiger partial charge is 0.495 e. The number of ether oxygens (including phenoxy) is 1. The number of fused-ring (bicyclic) bond motifs is 1. The minimum atomic E-state index is -0.220. The molecule has 2 N–H and O–H groups in total. The molecule has 0 unspecified atom stereocenters. The first kappa shape index (κ1) is 19.8. The van der Waals surface area contributed by atoms with E-state index in [0.717, 1.165) is 25.9 Å². The maximum atomic E-state index is 12.8. The summed E-state index contributed by atoms with van der Waals surface area (Å²) in [7, 11) is 1.58. The van der Waals surface area contributed by atoms with Crippen molar-refractivity contribution in [2.45, 2.75) is 31.7 Å². The number of aromatic nitrogens is 1. The number of likely N-dealkylation sites (tertiary alicyclic amines) is 1. The first-order valence-electron chi connectivity index (χ1n) is 10.0. The number of amides is 1. The fourth-order valence-corrected chi connectivity index (χ4v) is 4.38. The van der Waals surface area contributed by atoms with E-state index >= 15 is 0 Å². The van der Waals surface area contributed by atoms with Crippen LogP contribution >= 0.6 is 11.6 Å². The van der Waals surface area contributed by atoms with Gasteiger partial charge in [-0.3, -0.25) is 9.69 Å². The number of carbonyl (C=O) groups excluding carboxylic acids is 1. The summed E-state index contributed by atoms with van der Waals surface area (Å²) in [4.78, 5) is 18.4. The lowest BCUT2D eigenvalue weighted by atomic mass is 9.88. The molecule has 0 aliphatic carbocycles. The van der Waals surface area contributed by atoms with E-state index < -0.39 is 0 Å². The normalized spacial score (nSPS) is 16.7. The predicted octanol–water partition coefficient (Wildman–Crippen LogP) is 5.04. The second-order valence-corrected chi connectivity index (χ2v) is 8.05. The van der Waals surface area contributed by atoms with E-state index in [9.17, 15) is 4.79 Å². The van der Waals surface area contributed by atoms with Crippen LogP contribution in [-0.2, 0) is 4.79 Å². The molecular weight excluding hydrogens is 386 g/mol. The predicted molar refractivity (Wildman–Crippen MR) is 118 cm³/mol. The van der Waals surface area contributed by atoms with Crippen LogP contribution in [0, 0.1) is 0 Å². The van der Waals surface area contributed by atoms with Crippen molar-refractivity contribution in [3.8, 4) is 5.75 Å². The quantitative estimate of drug-likeness (QED) is 0.618. The second-order valence-electron chi connectivity index (χ2n) is 7.61. The molecule has 1 aliphatic rings. The molecule has 1 amide bonds. The molecule has 5 nitrogen and oxygen atoms in total. The topological polar surface area (TPSA) is 57.4 Å². The highest BCUT2D eigenvalue weighted by atomic mass is 35.5. The number of carbonyl (C=O) groups is 1. The smallest absolute Gasteiger partial charge is 0.241 e. The number of H-pyrrole nitrogens is 1. The highest BCUT2D eigenvalue weighted by molar-refractivity contribution is 6.31. The summed E-state index contributed by atoms with van der Waals surface area (Å²) in [6, 6.07) is 13.4. The van der Waals surface area contributed by atoms with Gasteiger partial charge >= 0.3 is 0 Å². The number of hydrogen-bond donors (Lipinski definition) is 2. The highest BCUT2D eigenvalue weighted by Gasteiger charge is 2.28. The zero-order valence-electron chi connectivity index (χ0n) is 16.7. The zero-order chi connectivity index (χ0) is 20.4. The number of nitrogens with one attached hydrogen (secondary N) is 2. The molecule has 4 rings (SSSR count). The van der Waals surface area contributed by atoms with Crippen molar-refractivity contribution in [2.75, 3.05) is 25.5 Å². The Bertz CT molecular complexity index is 1010. The van der Waals surface area contributed by atoms with E-state index in [0.29, 0.717) is 22.4 Å². The van der Waals surface area contributed by atoms with Crippen molar-refractivity contribution >= 4 is 34.1 Å². The minimum absolute atomic E-state index is 0.0453. The van der Waals surface area contributed by atoms with Gasteiger partial charge < -0.3 is 15.0 Å². The Morgan fingerprint density at radius 3 is 2.76 bits per heavy atom. The van der Waals surface area contributed by atoms with Gasteiger partial charge in [-0.2, -0.15) is 0 Å². The van der Waals surface area contributed by atoms with Crippen LogP contribution in [0.25, 0.3) is 10.9 Å². The lowest BCUT2D eigenvalue weighted by Gasteiger charge is -2.35. The Balaban J connectivity index is 1.39. The summed E-state index contributed by atoms with van der Waals surface area (Å²) in [5, 5.41) is 4.84. The molecule has 2 heterocycles. The first-order chi connectivity index (χ1) is 14.1. The van der Waals surface area contributed by atoms with Crippen molar-refractivity contribution < 1.29 is 9.53 Å². The van der Waals surface area contributed by atoms with Gasteiger partial charge in [0, 0.05) is 22.1 Å². The molecule has 1 aromatic heterocycles. The summed E-state index contributed by atoms with van der Waals surface area (Å²) in [5.41, 5.74) is 3.18. The molecule has 3 aromatic rings. The van der Waals surface area contributed by atoms with Gasteiger partial charge in [-0.05, 0) is 68.6 Å². The maximum Gasteiger partial charge on any atom is 0.241 e. The Labute approximate surface area is 176 Å². The van der Waals surface area contributed by atoms with E-state index in [2.05, 4.69) is 45.7 Å². The van der Waals surface area contributed by atoms with Crippen LogP contribution in [0.1, 0.15) is 31.2 Å². The van der Waals surface area contributed by atoms with Crippen LogP contribution in [0.5, 0.6) is 5.75 Å². The lowest BCUT2D eigenvalue weighted by molar-refractivity contribution is -0.121. The van der Waals surface area contributed by atoms with Crippen molar-refractivity contribution in [1.82, 2.24) is 9.88 Å². The molecule has 29 heavy (non-hydrogen) atoms. The van der Waals surface area contributed by atoms with Crippen LogP contribution in [0.3, 0.4) is 0 Å². The van der Waals surface area contributed by atoms with Gasteiger partial charge in [-0.1, -0.05) is 29.8 Å². The van der Waals surface area contributed by atoms with Crippen molar-refractivity contribution in [3.63, 3.8) is 0 Å². The Morgan fingerprint density at radius 2 is 2.00 bits per heavy atom. The Hall–Kier alpha value is -2.50. The average molecular weight is 412 g/mol. The SMILES string of the molecule is COc1ccc(Cl)cc1NC(=O)[C@H](C)N1CCC(c2c[nH]c3ccccc23)CC1. The molecule has 2 aromatic carbocycles. The number of para-hydroxylation sites is 1. The number of hydrogen-bond acceptors (Lipinski definition) is 3. The van der Waals surface area contributed by atoms with E-state index in [1.54, 1.807) is 25.3 Å². The molecule has 1 atom stereocenters. The van der Waals surface area contributed by atoms with Crippen molar-refractivity contribution in [3.05, 3.63) is 59.2 Å². The minimum Gasteiger partial charge on any atom is -0.495 e. The molecule has 1 saturated heterocycles. The number of halogens is 1. The van der Waals surface area contributed by atoms with Crippen LogP contribution in [0.2, 0.25) is 5.02 Å². The third kappa shape index (κ3) is 4.11. The van der Waals surface area contributed by atoms with Gasteiger partial charge in [0.2, 0.25) is 5.91 Å². The van der Waals surface area contributed by atoms with E-state index in [4.69, 9.17) is 16.3 Å². The molecule has 6 heteroatoms. The molecule has 0 saturated carbocycles. The first-order valence-corrected chi connectivity index (χ1v) is 10.4. The molecular formula is C23H26ClN3O2. The Morgan fingerprint density at radius 1 is 1.24 bits per heavy atom. The number of methoxy groups -OCH3 is 1. The summed E-state index contributed by atoms with van der Waals surface area (Å²) in [5.74, 6) is 1.08. The summed E-state index contributed by atoms with van der Waals surface area (Å²) < 4.78 is 5.33. The highest BCUT2D eigenvalue weighted by Crippen LogP contribution is 2.34. The number of nitrogens with zero attached hydrogens (tertiary/aromatic N) is 1. The van der Waals surface area contributed by atoms with E-state index in [1.165, 1.54) is 16.5 Å². The third-order valence-corrected chi connectivity index (χ3v) is 6.17. The van der Waals surface area contributed by atoms with E-state index in [1.807, 2.05) is 6.92 Å². The number of anilines is 1. The second kappa shape index (κ2) is 8.47. The summed E-state index contributed by atoms with van der Waals surface area (Å²) >= 11 is 6.07. The van der Waals surface area contributed by atoms with Gasteiger partial charge in [0.1, 0.15) is 5.75 Å². The molecule has 0 bridgehead atoms. The van der Waals surface area contributed by atoms with Gasteiger partial charge in [-0.25, -0.2) is 0 Å². The zero-order valence-corrected chi connectivity index (χ0v) is 17.5. The number of aromatic amines is 1. The van der Waals surface area contributed by atoms with Crippen LogP contribution in [-0.4, -0.2) is 42.0 Å². The fourth-order valence-electron chi connectivity index (χ4n) is 4.21. The molecule has 152 valence electrons. The molecule has 0 spiro atoms.